The molecule has 17 heteroatoms. The second-order valence-corrected chi connectivity index (χ2v) is 19.1. The smallest absolute Gasteiger partial charge is 0.410 e. The van der Waals surface area contributed by atoms with E-state index in [1.165, 1.54) is 0 Å². The lowest BCUT2D eigenvalue weighted by Crippen LogP contribution is -2.57. The van der Waals surface area contributed by atoms with Crippen molar-refractivity contribution in [3.8, 4) is 28.7 Å². The van der Waals surface area contributed by atoms with E-state index in [9.17, 15) is 10.1 Å². The molecular formula is C42H37ClF3I3N6O4. The minimum absolute atomic E-state index is 0.00833. The molecule has 2 fully saturated rings. The van der Waals surface area contributed by atoms with Gasteiger partial charge in [0.25, 0.3) is 0 Å². The molecule has 1 amide bonds. The van der Waals surface area contributed by atoms with Crippen molar-refractivity contribution < 1.29 is 32.2 Å². The molecule has 10 nitrogen and oxygen atoms in total. The number of carbonyl (C=O) groups excluding carboxylic acids is 1. The van der Waals surface area contributed by atoms with Crippen LogP contribution in [0, 0.1) is 39.8 Å². The lowest BCUT2D eigenvalue weighted by molar-refractivity contribution is 0.0122. The van der Waals surface area contributed by atoms with Crippen LogP contribution >= 0.6 is 79.4 Å². The molecule has 2 aliphatic heterocycles. The minimum Gasteiger partial charge on any atom is -0.496 e. The third-order valence-electron chi connectivity index (χ3n) is 10.3. The highest BCUT2D eigenvalue weighted by molar-refractivity contribution is 14.1. The van der Waals surface area contributed by atoms with Crippen LogP contribution in [0.25, 0.3) is 22.0 Å². The maximum atomic E-state index is 17.1. The molecule has 1 aromatic heterocycles. The largest absolute Gasteiger partial charge is 0.496 e. The number of halogens is 7. The van der Waals surface area contributed by atoms with Gasteiger partial charge in [-0.15, -0.1) is 0 Å². The number of anilines is 2. The molecule has 7 rings (SSSR count). The van der Waals surface area contributed by atoms with Crippen molar-refractivity contribution in [2.24, 2.45) is 0 Å². The number of amides is 1. The number of fused-ring (bicyclic) bond motifs is 3. The van der Waals surface area contributed by atoms with Gasteiger partial charge in [-0.2, -0.15) is 19.6 Å². The van der Waals surface area contributed by atoms with Gasteiger partial charge in [0.05, 0.1) is 55.3 Å². The highest BCUT2D eigenvalue weighted by Gasteiger charge is 2.45. The molecule has 0 N–H and O–H groups in total. The summed E-state index contributed by atoms with van der Waals surface area (Å²) in [7, 11) is 3.18. The van der Waals surface area contributed by atoms with Gasteiger partial charge in [0.1, 0.15) is 40.3 Å². The van der Waals surface area contributed by atoms with Crippen LogP contribution in [0.15, 0.2) is 48.5 Å². The maximum absolute atomic E-state index is 17.1. The van der Waals surface area contributed by atoms with Gasteiger partial charge in [-0.05, 0) is 149 Å². The van der Waals surface area contributed by atoms with E-state index in [4.69, 9.17) is 25.8 Å². The van der Waals surface area contributed by atoms with Gasteiger partial charge < -0.3 is 24.0 Å². The molecule has 0 radical (unpaired) electrons. The van der Waals surface area contributed by atoms with Gasteiger partial charge >= 0.3 is 12.2 Å². The van der Waals surface area contributed by atoms with Crippen molar-refractivity contribution in [2.75, 3.05) is 37.1 Å². The second-order valence-electron chi connectivity index (χ2n) is 15.3. The number of piperazine rings is 1. The number of rotatable bonds is 9. The first-order valence-corrected chi connectivity index (χ1v) is 22.1. The minimum atomic E-state index is -1.21. The molecular weight excluding hydrogens is 1130 g/mol. The predicted octanol–water partition coefficient (Wildman–Crippen LogP) is 10.9. The van der Waals surface area contributed by atoms with Crippen molar-refractivity contribution in [3.05, 3.63) is 98.7 Å². The standard InChI is InChI=1S/C42H37ClF3I3N6O4/c1-42(2,3)59-41(56)55-23-8-9-24(55)20-54(19-23)39-25-14-28(44)35(36(45)38(25)51-40(46)52-39)34-26(16-50)31(15-27(43)37(34)49)53(17-21-6-10-32(57-4)29(47)12-21)18-22-7-11-33(58-5)30(48)13-22/h6-7,10-15,23-24H,8-9,17-20H2,1-5H3/t23-,24+. The Balaban J connectivity index is 1.34. The average Bonchev–Trinajstić information content (AvgIpc) is 3.45. The summed E-state index contributed by atoms with van der Waals surface area (Å²) in [6.45, 7) is 6.44. The lowest BCUT2D eigenvalue weighted by atomic mass is 9.95. The highest BCUT2D eigenvalue weighted by Crippen LogP contribution is 2.45. The first kappa shape index (κ1) is 43.5. The molecule has 0 unspecified atom stereocenters. The molecule has 2 aliphatic rings. The third kappa shape index (κ3) is 8.80. The lowest BCUT2D eigenvalue weighted by Gasteiger charge is -2.42. The molecule has 2 atom stereocenters. The van der Waals surface area contributed by atoms with Gasteiger partial charge in [-0.3, -0.25) is 4.90 Å². The summed E-state index contributed by atoms with van der Waals surface area (Å²) in [4.78, 5) is 26.4. The fourth-order valence-electron chi connectivity index (χ4n) is 7.81. The topological polar surface area (TPSA) is 104 Å². The van der Waals surface area contributed by atoms with Crippen molar-refractivity contribution in [3.63, 3.8) is 0 Å². The fraction of sp³-hybridized carbons (Fsp3) is 0.333. The summed E-state index contributed by atoms with van der Waals surface area (Å²) < 4.78 is 67.9. The Bertz CT molecular complexity index is 2470. The monoisotopic (exact) mass is 1160 g/mol. The number of hydrogen-bond acceptors (Lipinski definition) is 9. The predicted molar refractivity (Wildman–Crippen MR) is 246 cm³/mol. The fourth-order valence-corrected chi connectivity index (χ4v) is 10.3. The zero-order chi connectivity index (χ0) is 42.5. The normalized spacial score (nSPS) is 16.3. The molecule has 0 spiro atoms. The van der Waals surface area contributed by atoms with Crippen molar-refractivity contribution >= 4 is 108 Å². The molecule has 4 aromatic carbocycles. The number of benzene rings is 4. The van der Waals surface area contributed by atoms with Gasteiger partial charge in [0.15, 0.2) is 5.82 Å². The van der Waals surface area contributed by atoms with Gasteiger partial charge in [0.2, 0.25) is 0 Å². The van der Waals surface area contributed by atoms with Crippen LogP contribution in [0.3, 0.4) is 0 Å². The number of ether oxygens (including phenoxy) is 3. The summed E-state index contributed by atoms with van der Waals surface area (Å²) >= 11 is 13.2. The van der Waals surface area contributed by atoms with E-state index >= 15 is 13.2 Å². The summed E-state index contributed by atoms with van der Waals surface area (Å²) in [6.07, 6.45) is -0.290. The Kier molecular flexibility index (Phi) is 12.9. The third-order valence-corrected chi connectivity index (χ3v) is 13.7. The van der Waals surface area contributed by atoms with E-state index < -0.39 is 40.5 Å². The molecule has 3 heterocycles. The number of nitrogens with zero attached hydrogens (tertiary/aromatic N) is 6. The van der Waals surface area contributed by atoms with Crippen LogP contribution in [0.1, 0.15) is 50.3 Å². The summed E-state index contributed by atoms with van der Waals surface area (Å²) in [5.74, 6) is -0.770. The van der Waals surface area contributed by atoms with Crippen molar-refractivity contribution in [1.82, 2.24) is 14.9 Å². The maximum Gasteiger partial charge on any atom is 0.410 e. The Morgan fingerprint density at radius 1 is 0.915 bits per heavy atom. The molecule has 2 bridgehead atoms. The summed E-state index contributed by atoms with van der Waals surface area (Å²) in [5, 5.41) is 11.0. The number of methoxy groups -OCH3 is 2. The van der Waals surface area contributed by atoms with Crippen LogP contribution in [0.5, 0.6) is 11.5 Å². The van der Waals surface area contributed by atoms with Crippen LogP contribution in [-0.2, 0) is 17.8 Å². The van der Waals surface area contributed by atoms with Gasteiger partial charge in [-0.1, -0.05) is 23.7 Å². The number of carbonyl (C=O) groups is 1. The van der Waals surface area contributed by atoms with E-state index in [1.54, 1.807) is 50.9 Å². The van der Waals surface area contributed by atoms with Crippen LogP contribution in [0.2, 0.25) is 5.02 Å². The zero-order valence-electron chi connectivity index (χ0n) is 32.5. The Hall–Kier alpha value is -3.55. The quantitative estimate of drug-likeness (QED) is 0.105. The van der Waals surface area contributed by atoms with Gasteiger partial charge in [-0.25, -0.2) is 13.6 Å². The van der Waals surface area contributed by atoms with Crippen molar-refractivity contribution in [2.45, 2.75) is 64.4 Å². The number of nitriles is 1. The molecule has 5 aromatic rings. The Morgan fingerprint density at radius 2 is 1.49 bits per heavy atom. The van der Waals surface area contributed by atoms with Crippen LogP contribution in [-0.4, -0.2) is 66.0 Å². The zero-order valence-corrected chi connectivity index (χ0v) is 39.7. The molecule has 59 heavy (non-hydrogen) atoms. The summed E-state index contributed by atoms with van der Waals surface area (Å²) in [6, 6.07) is 15.8. The SMILES string of the molecule is COc1ccc(CN(Cc2ccc(OC)c(I)c2)c2cc(Cl)c(I)c(-c3c(F)cc4c(N5C[C@H]6CC[C@@H](C5)N6C(=O)OC(C)(C)C)nc(F)nc4c3F)c2C#N)cc1I. The van der Waals surface area contributed by atoms with Crippen LogP contribution < -0.4 is 19.3 Å². The number of aromatic nitrogens is 2. The average molecular weight is 1160 g/mol. The van der Waals surface area contributed by atoms with Gasteiger partial charge in [0, 0.05) is 40.7 Å². The Morgan fingerprint density at radius 3 is 2.00 bits per heavy atom. The van der Waals surface area contributed by atoms with E-state index in [0.29, 0.717) is 30.0 Å². The first-order valence-electron chi connectivity index (χ1n) is 18.5. The van der Waals surface area contributed by atoms with E-state index in [-0.39, 0.29) is 69.2 Å². The van der Waals surface area contributed by atoms with E-state index in [2.05, 4.69) is 61.2 Å². The molecule has 2 saturated heterocycles. The Labute approximate surface area is 385 Å². The van der Waals surface area contributed by atoms with E-state index in [0.717, 1.165) is 24.3 Å². The molecule has 0 saturated carbocycles. The molecule has 0 aliphatic carbocycles. The summed E-state index contributed by atoms with van der Waals surface area (Å²) in [5.41, 5.74) is 0.244. The highest BCUT2D eigenvalue weighted by atomic mass is 127. The first-order chi connectivity index (χ1) is 28.0. The molecule has 308 valence electrons. The van der Waals surface area contributed by atoms with Crippen LogP contribution in [0.4, 0.5) is 29.5 Å². The second kappa shape index (κ2) is 17.4. The van der Waals surface area contributed by atoms with Crippen molar-refractivity contribution in [1.29, 1.82) is 5.26 Å². The van der Waals surface area contributed by atoms with E-state index in [1.807, 2.05) is 63.9 Å². The number of hydrogen-bond donors (Lipinski definition) is 0.